The summed E-state index contributed by atoms with van der Waals surface area (Å²) in [5.74, 6) is 3.80. The van der Waals surface area contributed by atoms with Gasteiger partial charge in [0.1, 0.15) is 0 Å². The molecule has 0 saturated heterocycles. The van der Waals surface area contributed by atoms with Gasteiger partial charge in [-0.15, -0.1) is 0 Å². The molecule has 0 aliphatic heterocycles. The molecule has 2 atom stereocenters. The molecule has 0 aliphatic carbocycles. The minimum absolute atomic E-state index is 0.133. The minimum Gasteiger partial charge on any atom is -0.405 e. The third-order valence-corrected chi connectivity index (χ3v) is 12.9. The van der Waals surface area contributed by atoms with E-state index in [2.05, 4.69) is 45.0 Å². The van der Waals surface area contributed by atoms with Gasteiger partial charge in [0.25, 0.3) is 14.2 Å². The van der Waals surface area contributed by atoms with Crippen molar-refractivity contribution >= 4 is 24.6 Å². The number of rotatable bonds is 14. The molecule has 3 rings (SSSR count). The lowest BCUT2D eigenvalue weighted by Gasteiger charge is -2.44. The van der Waals surface area contributed by atoms with E-state index in [1.807, 2.05) is 43.3 Å². The summed E-state index contributed by atoms with van der Waals surface area (Å²) in [6.45, 7) is 8.29. The average molecular weight is 601 g/mol. The van der Waals surface area contributed by atoms with Crippen molar-refractivity contribution in [1.29, 1.82) is 0 Å². The molecule has 228 valence electrons. The standard InChI is InChI=1S/C33H43F3N2O3Si/c1-26(41-42(31(2,3)4,28-20-12-6-13-21-28)29-22-14-7-15-23-29)17-9-8-16-24-32(30(39)38-37,33(34,35)36)40-25-27-18-10-5-11-19-27/h5-7,10-15,18-23,26H,8-9,16-17,24-25,37H2,1-4H3,(H,38,39)/t26-,32+/m0/s1. The summed E-state index contributed by atoms with van der Waals surface area (Å²) in [6, 6.07) is 29.1. The van der Waals surface area contributed by atoms with Crippen LogP contribution < -0.4 is 21.6 Å². The molecule has 5 nitrogen and oxygen atoms in total. The first-order valence-electron chi connectivity index (χ1n) is 14.4. The van der Waals surface area contributed by atoms with Gasteiger partial charge in [0.15, 0.2) is 0 Å². The molecular weight excluding hydrogens is 557 g/mol. The lowest BCUT2D eigenvalue weighted by Crippen LogP contribution is -2.67. The number of halogens is 3. The number of nitrogens with one attached hydrogen (secondary N) is 1. The van der Waals surface area contributed by atoms with Crippen molar-refractivity contribution in [2.24, 2.45) is 5.84 Å². The Morgan fingerprint density at radius 1 is 0.833 bits per heavy atom. The maximum absolute atomic E-state index is 14.3. The van der Waals surface area contributed by atoms with Crippen LogP contribution in [-0.4, -0.2) is 32.1 Å². The molecule has 3 N–H and O–H groups in total. The zero-order valence-corrected chi connectivity index (χ0v) is 25.9. The fraction of sp³-hybridized carbons (Fsp3) is 0.424. The smallest absolute Gasteiger partial charge is 0.405 e. The Bertz CT molecular complexity index is 1200. The second-order valence-electron chi connectivity index (χ2n) is 11.8. The van der Waals surface area contributed by atoms with Crippen LogP contribution >= 0.6 is 0 Å². The van der Waals surface area contributed by atoms with Crippen LogP contribution in [0.3, 0.4) is 0 Å². The van der Waals surface area contributed by atoms with Gasteiger partial charge >= 0.3 is 6.18 Å². The van der Waals surface area contributed by atoms with Gasteiger partial charge in [0.2, 0.25) is 5.60 Å². The maximum Gasteiger partial charge on any atom is 0.426 e. The molecule has 42 heavy (non-hydrogen) atoms. The molecule has 3 aromatic rings. The normalized spacial score (nSPS) is 14.7. The van der Waals surface area contributed by atoms with Crippen LogP contribution in [0.2, 0.25) is 5.04 Å². The van der Waals surface area contributed by atoms with Crippen LogP contribution in [0.15, 0.2) is 91.0 Å². The Morgan fingerprint density at radius 2 is 1.33 bits per heavy atom. The van der Waals surface area contributed by atoms with Gasteiger partial charge in [-0.05, 0) is 47.2 Å². The predicted octanol–water partition coefficient (Wildman–Crippen LogP) is 6.41. The van der Waals surface area contributed by atoms with Gasteiger partial charge in [-0.2, -0.15) is 13.2 Å². The van der Waals surface area contributed by atoms with Gasteiger partial charge in [-0.25, -0.2) is 5.84 Å². The number of carbonyl (C=O) groups is 1. The Kier molecular flexibility index (Phi) is 11.5. The van der Waals surface area contributed by atoms with Crippen LogP contribution in [0, 0.1) is 0 Å². The molecule has 0 bridgehead atoms. The Balaban J connectivity index is 1.71. The third kappa shape index (κ3) is 7.69. The summed E-state index contributed by atoms with van der Waals surface area (Å²) in [5.41, 5.74) is -0.821. The SMILES string of the molecule is C[C@@H](CCCCC[C@@](OCc1ccccc1)(C(=O)NN)C(F)(F)F)O[Si](c1ccccc1)(c1ccccc1)C(C)(C)C. The number of hydrogen-bond donors (Lipinski definition) is 2. The lowest BCUT2D eigenvalue weighted by atomic mass is 9.93. The molecule has 0 unspecified atom stereocenters. The molecular formula is C33H43F3N2O3Si. The van der Waals surface area contributed by atoms with E-state index in [1.54, 1.807) is 35.8 Å². The first kappa shape index (κ1) is 33.5. The first-order chi connectivity index (χ1) is 19.9. The third-order valence-electron chi connectivity index (χ3n) is 7.72. The van der Waals surface area contributed by atoms with Crippen LogP contribution in [0.1, 0.15) is 65.4 Å². The molecule has 0 saturated carbocycles. The van der Waals surface area contributed by atoms with E-state index in [9.17, 15) is 18.0 Å². The molecule has 0 radical (unpaired) electrons. The molecule has 0 aliphatic rings. The average Bonchev–Trinajstić information content (AvgIpc) is 2.97. The summed E-state index contributed by atoms with van der Waals surface area (Å²) < 4.78 is 55.3. The van der Waals surface area contributed by atoms with E-state index < -0.39 is 32.4 Å². The van der Waals surface area contributed by atoms with Crippen molar-refractivity contribution in [3.63, 3.8) is 0 Å². The summed E-state index contributed by atoms with van der Waals surface area (Å²) in [6.07, 6.45) is -3.70. The highest BCUT2D eigenvalue weighted by Gasteiger charge is 2.61. The van der Waals surface area contributed by atoms with E-state index in [0.717, 1.165) is 0 Å². The topological polar surface area (TPSA) is 73.6 Å². The van der Waals surface area contributed by atoms with Crippen LogP contribution in [0.25, 0.3) is 0 Å². The maximum atomic E-state index is 14.3. The Hall–Kier alpha value is -2.98. The number of amides is 1. The van der Waals surface area contributed by atoms with Gasteiger partial charge in [-0.3, -0.25) is 10.2 Å². The van der Waals surface area contributed by atoms with E-state index in [4.69, 9.17) is 15.0 Å². The molecule has 3 aromatic carbocycles. The quantitative estimate of drug-likeness (QED) is 0.0738. The van der Waals surface area contributed by atoms with Crippen molar-refractivity contribution in [3.05, 3.63) is 96.6 Å². The van der Waals surface area contributed by atoms with Gasteiger partial charge < -0.3 is 9.16 Å². The molecule has 0 aromatic heterocycles. The summed E-state index contributed by atoms with van der Waals surface area (Å²) in [4.78, 5) is 12.5. The van der Waals surface area contributed by atoms with E-state index in [1.165, 1.54) is 10.4 Å². The minimum atomic E-state index is -4.94. The molecule has 0 heterocycles. The van der Waals surface area contributed by atoms with Crippen molar-refractivity contribution < 1.29 is 27.1 Å². The number of hydrazine groups is 1. The van der Waals surface area contributed by atoms with Gasteiger partial charge in [0.05, 0.1) is 6.61 Å². The number of benzene rings is 3. The van der Waals surface area contributed by atoms with Crippen LogP contribution in [0.5, 0.6) is 0 Å². The predicted molar refractivity (Wildman–Crippen MR) is 164 cm³/mol. The van der Waals surface area contributed by atoms with Crippen molar-refractivity contribution in [1.82, 2.24) is 5.43 Å². The van der Waals surface area contributed by atoms with Crippen molar-refractivity contribution in [2.75, 3.05) is 0 Å². The van der Waals surface area contributed by atoms with Crippen LogP contribution in [-0.2, 0) is 20.6 Å². The second-order valence-corrected chi connectivity index (χ2v) is 16.0. The lowest BCUT2D eigenvalue weighted by molar-refractivity contribution is -0.273. The van der Waals surface area contributed by atoms with E-state index in [-0.39, 0.29) is 24.2 Å². The number of nitrogens with two attached hydrogens (primary N) is 1. The largest absolute Gasteiger partial charge is 0.426 e. The molecule has 9 heteroatoms. The molecule has 0 fully saturated rings. The highest BCUT2D eigenvalue weighted by molar-refractivity contribution is 6.99. The van der Waals surface area contributed by atoms with Crippen LogP contribution in [0.4, 0.5) is 13.2 Å². The summed E-state index contributed by atoms with van der Waals surface area (Å²) >= 11 is 0. The summed E-state index contributed by atoms with van der Waals surface area (Å²) in [7, 11) is -2.73. The monoisotopic (exact) mass is 600 g/mol. The summed E-state index contributed by atoms with van der Waals surface area (Å²) in [5, 5.41) is 2.17. The number of carbonyl (C=O) groups excluding carboxylic acids is 1. The number of hydrogen-bond acceptors (Lipinski definition) is 4. The zero-order valence-electron chi connectivity index (χ0n) is 24.9. The Labute approximate surface area is 248 Å². The van der Waals surface area contributed by atoms with Gasteiger partial charge in [-0.1, -0.05) is 125 Å². The van der Waals surface area contributed by atoms with E-state index >= 15 is 0 Å². The highest BCUT2D eigenvalue weighted by Crippen LogP contribution is 2.40. The van der Waals surface area contributed by atoms with Crippen molar-refractivity contribution in [2.45, 2.75) is 89.3 Å². The molecule has 0 spiro atoms. The van der Waals surface area contributed by atoms with Crippen molar-refractivity contribution in [3.8, 4) is 0 Å². The first-order valence-corrected chi connectivity index (χ1v) is 16.3. The second kappa shape index (κ2) is 14.5. The Morgan fingerprint density at radius 3 is 1.79 bits per heavy atom. The molecule has 1 amide bonds. The fourth-order valence-corrected chi connectivity index (χ4v) is 10.3. The fourth-order valence-electron chi connectivity index (χ4n) is 5.54. The highest BCUT2D eigenvalue weighted by atomic mass is 28.4. The van der Waals surface area contributed by atoms with E-state index in [0.29, 0.717) is 24.8 Å². The zero-order chi connectivity index (χ0) is 30.9. The number of alkyl halides is 3. The number of ether oxygens (including phenoxy) is 1. The van der Waals surface area contributed by atoms with Gasteiger partial charge in [0, 0.05) is 6.10 Å². The number of unbranched alkanes of at least 4 members (excludes halogenated alkanes) is 2.